The molecule has 5 heteroatoms. The van der Waals surface area contributed by atoms with Crippen molar-refractivity contribution in [3.8, 4) is 0 Å². The predicted octanol–water partition coefficient (Wildman–Crippen LogP) is 2.26. The van der Waals surface area contributed by atoms with Crippen LogP contribution in [0.25, 0.3) is 0 Å². The minimum Gasteiger partial charge on any atom is -0.355 e. The monoisotopic (exact) mass is 292 g/mol. The van der Waals surface area contributed by atoms with E-state index in [4.69, 9.17) is 0 Å². The SMILES string of the molecule is CCN(C(=O)C1CCC(=O)NC1)C(C)c1ccc(F)cc1. The molecule has 1 aliphatic heterocycles. The number of hydrogen-bond donors (Lipinski definition) is 1. The predicted molar refractivity (Wildman–Crippen MR) is 77.9 cm³/mol. The summed E-state index contributed by atoms with van der Waals surface area (Å²) in [4.78, 5) is 25.6. The van der Waals surface area contributed by atoms with Crippen LogP contribution in [0.15, 0.2) is 24.3 Å². The number of rotatable bonds is 4. The van der Waals surface area contributed by atoms with E-state index in [1.807, 2.05) is 13.8 Å². The molecule has 2 amide bonds. The maximum atomic E-state index is 13.0. The Hall–Kier alpha value is -1.91. The molecule has 21 heavy (non-hydrogen) atoms. The second kappa shape index (κ2) is 6.70. The van der Waals surface area contributed by atoms with Crippen LogP contribution in [-0.2, 0) is 9.59 Å². The normalized spacial score (nSPS) is 19.8. The number of carbonyl (C=O) groups is 2. The number of carbonyl (C=O) groups excluding carboxylic acids is 2. The third kappa shape index (κ3) is 3.60. The average molecular weight is 292 g/mol. The molecule has 1 N–H and O–H groups in total. The van der Waals surface area contributed by atoms with Gasteiger partial charge in [0.1, 0.15) is 5.82 Å². The summed E-state index contributed by atoms with van der Waals surface area (Å²) < 4.78 is 13.0. The number of amides is 2. The third-order valence-electron chi connectivity index (χ3n) is 4.06. The van der Waals surface area contributed by atoms with E-state index in [1.165, 1.54) is 12.1 Å². The van der Waals surface area contributed by atoms with Crippen molar-refractivity contribution in [2.45, 2.75) is 32.7 Å². The van der Waals surface area contributed by atoms with Crippen LogP contribution in [0.1, 0.15) is 38.3 Å². The number of nitrogens with zero attached hydrogens (tertiary/aromatic N) is 1. The van der Waals surface area contributed by atoms with Crippen LogP contribution in [0.2, 0.25) is 0 Å². The summed E-state index contributed by atoms with van der Waals surface area (Å²) in [5, 5.41) is 2.74. The molecule has 1 aromatic carbocycles. The zero-order chi connectivity index (χ0) is 15.4. The number of benzene rings is 1. The summed E-state index contributed by atoms with van der Waals surface area (Å²) in [6, 6.07) is 6.12. The molecule has 2 unspecified atom stereocenters. The number of nitrogens with one attached hydrogen (secondary N) is 1. The molecule has 1 fully saturated rings. The first-order valence-electron chi connectivity index (χ1n) is 7.35. The van der Waals surface area contributed by atoms with Crippen LogP contribution in [0, 0.1) is 11.7 Å². The van der Waals surface area contributed by atoms with Gasteiger partial charge in [0, 0.05) is 19.5 Å². The van der Waals surface area contributed by atoms with Gasteiger partial charge < -0.3 is 10.2 Å². The van der Waals surface area contributed by atoms with Crippen molar-refractivity contribution in [2.75, 3.05) is 13.1 Å². The molecule has 1 heterocycles. The number of piperidine rings is 1. The lowest BCUT2D eigenvalue weighted by molar-refractivity contribution is -0.139. The number of halogens is 1. The Kier molecular flexibility index (Phi) is 4.94. The van der Waals surface area contributed by atoms with Gasteiger partial charge in [-0.1, -0.05) is 12.1 Å². The van der Waals surface area contributed by atoms with Crippen molar-refractivity contribution >= 4 is 11.8 Å². The lowest BCUT2D eigenvalue weighted by atomic mass is 9.96. The summed E-state index contributed by atoms with van der Waals surface area (Å²) in [6.45, 7) is 4.86. The smallest absolute Gasteiger partial charge is 0.227 e. The number of hydrogen-bond acceptors (Lipinski definition) is 2. The van der Waals surface area contributed by atoms with E-state index in [-0.39, 0.29) is 29.6 Å². The minimum absolute atomic E-state index is 0.00804. The zero-order valence-electron chi connectivity index (χ0n) is 12.4. The van der Waals surface area contributed by atoms with Crippen molar-refractivity contribution in [1.82, 2.24) is 10.2 Å². The van der Waals surface area contributed by atoms with Gasteiger partial charge in [0.25, 0.3) is 0 Å². The molecule has 1 aliphatic rings. The van der Waals surface area contributed by atoms with E-state index < -0.39 is 0 Å². The molecule has 0 aromatic heterocycles. The van der Waals surface area contributed by atoms with Gasteiger partial charge in [-0.15, -0.1) is 0 Å². The molecule has 4 nitrogen and oxygen atoms in total. The van der Waals surface area contributed by atoms with Crippen LogP contribution >= 0.6 is 0 Å². The van der Waals surface area contributed by atoms with Gasteiger partial charge in [-0.05, 0) is 38.0 Å². The van der Waals surface area contributed by atoms with Crippen LogP contribution in [-0.4, -0.2) is 29.8 Å². The standard InChI is InChI=1S/C16H21FN2O2/c1-3-19(11(2)12-4-7-14(17)8-5-12)16(21)13-6-9-15(20)18-10-13/h4-5,7-8,11,13H,3,6,9-10H2,1-2H3,(H,18,20). The topological polar surface area (TPSA) is 49.4 Å². The van der Waals surface area contributed by atoms with Gasteiger partial charge in [0.05, 0.1) is 12.0 Å². The Morgan fingerprint density at radius 3 is 2.62 bits per heavy atom. The molecule has 0 bridgehead atoms. The molecule has 2 atom stereocenters. The van der Waals surface area contributed by atoms with Crippen LogP contribution in [0.4, 0.5) is 4.39 Å². The Morgan fingerprint density at radius 2 is 2.10 bits per heavy atom. The largest absolute Gasteiger partial charge is 0.355 e. The Bertz CT molecular complexity index is 506. The highest BCUT2D eigenvalue weighted by Gasteiger charge is 2.30. The van der Waals surface area contributed by atoms with E-state index in [0.717, 1.165) is 5.56 Å². The summed E-state index contributed by atoms with van der Waals surface area (Å²) in [6.07, 6.45) is 0.996. The van der Waals surface area contributed by atoms with Gasteiger partial charge in [0.2, 0.25) is 11.8 Å². The minimum atomic E-state index is -0.282. The zero-order valence-corrected chi connectivity index (χ0v) is 12.4. The lowest BCUT2D eigenvalue weighted by Crippen LogP contribution is -2.45. The maximum Gasteiger partial charge on any atom is 0.227 e. The average Bonchev–Trinajstić information content (AvgIpc) is 2.49. The lowest BCUT2D eigenvalue weighted by Gasteiger charge is -2.33. The van der Waals surface area contributed by atoms with Gasteiger partial charge in [-0.25, -0.2) is 4.39 Å². The van der Waals surface area contributed by atoms with Crippen LogP contribution in [0.3, 0.4) is 0 Å². The molecular formula is C16H21FN2O2. The fourth-order valence-corrected chi connectivity index (χ4v) is 2.72. The fraction of sp³-hybridized carbons (Fsp3) is 0.500. The second-order valence-corrected chi connectivity index (χ2v) is 5.39. The first-order chi connectivity index (χ1) is 10.0. The first-order valence-corrected chi connectivity index (χ1v) is 7.35. The summed E-state index contributed by atoms with van der Waals surface area (Å²) in [5.74, 6) is -0.385. The molecular weight excluding hydrogens is 271 g/mol. The van der Waals surface area contributed by atoms with E-state index in [9.17, 15) is 14.0 Å². The Labute approximate surface area is 124 Å². The van der Waals surface area contributed by atoms with Crippen molar-refractivity contribution in [1.29, 1.82) is 0 Å². The molecule has 1 saturated heterocycles. The third-order valence-corrected chi connectivity index (χ3v) is 4.06. The molecule has 0 radical (unpaired) electrons. The van der Waals surface area contributed by atoms with Crippen LogP contribution < -0.4 is 5.32 Å². The fourth-order valence-electron chi connectivity index (χ4n) is 2.72. The quantitative estimate of drug-likeness (QED) is 0.925. The highest BCUT2D eigenvalue weighted by molar-refractivity contribution is 5.84. The van der Waals surface area contributed by atoms with Gasteiger partial charge >= 0.3 is 0 Å². The molecule has 114 valence electrons. The van der Waals surface area contributed by atoms with Crippen molar-refractivity contribution in [3.63, 3.8) is 0 Å². The van der Waals surface area contributed by atoms with Gasteiger partial charge in [-0.3, -0.25) is 9.59 Å². The molecule has 0 spiro atoms. The summed E-state index contributed by atoms with van der Waals surface area (Å²) in [7, 11) is 0. The van der Waals surface area contributed by atoms with Crippen molar-refractivity contribution in [2.24, 2.45) is 5.92 Å². The first kappa shape index (κ1) is 15.5. The molecule has 0 saturated carbocycles. The highest BCUT2D eigenvalue weighted by atomic mass is 19.1. The summed E-state index contributed by atoms with van der Waals surface area (Å²) >= 11 is 0. The highest BCUT2D eigenvalue weighted by Crippen LogP contribution is 2.24. The maximum absolute atomic E-state index is 13.0. The molecule has 0 aliphatic carbocycles. The molecule has 2 rings (SSSR count). The van der Waals surface area contributed by atoms with Crippen LogP contribution in [0.5, 0.6) is 0 Å². The van der Waals surface area contributed by atoms with E-state index >= 15 is 0 Å². The van der Waals surface area contributed by atoms with Crippen molar-refractivity contribution < 1.29 is 14.0 Å². The van der Waals surface area contributed by atoms with E-state index in [2.05, 4.69) is 5.32 Å². The van der Waals surface area contributed by atoms with E-state index in [1.54, 1.807) is 17.0 Å². The second-order valence-electron chi connectivity index (χ2n) is 5.39. The molecule has 1 aromatic rings. The van der Waals surface area contributed by atoms with Gasteiger partial charge in [-0.2, -0.15) is 0 Å². The van der Waals surface area contributed by atoms with E-state index in [0.29, 0.717) is 25.9 Å². The summed E-state index contributed by atoms with van der Waals surface area (Å²) in [5.41, 5.74) is 0.909. The Morgan fingerprint density at radius 1 is 1.43 bits per heavy atom. The van der Waals surface area contributed by atoms with Gasteiger partial charge in [0.15, 0.2) is 0 Å². The van der Waals surface area contributed by atoms with Crippen molar-refractivity contribution in [3.05, 3.63) is 35.6 Å². The Balaban J connectivity index is 2.09.